The first kappa shape index (κ1) is 16.0. The highest BCUT2D eigenvalue weighted by Gasteiger charge is 2.15. The first-order chi connectivity index (χ1) is 9.42. The van der Waals surface area contributed by atoms with Crippen LogP contribution in [0.15, 0.2) is 24.3 Å². The number of carbonyl (C=O) groups is 3. The summed E-state index contributed by atoms with van der Waals surface area (Å²) >= 11 is 5.25. The minimum atomic E-state index is -1.05. The van der Waals surface area contributed by atoms with Gasteiger partial charge in [0.1, 0.15) is 5.88 Å². The van der Waals surface area contributed by atoms with Crippen molar-refractivity contribution in [2.75, 3.05) is 5.88 Å². The quantitative estimate of drug-likeness (QED) is 0.487. The van der Waals surface area contributed by atoms with Crippen molar-refractivity contribution >= 4 is 29.5 Å². The van der Waals surface area contributed by atoms with Crippen LogP contribution >= 0.6 is 11.6 Å². The Morgan fingerprint density at radius 3 is 2.30 bits per heavy atom. The molecular formula is C13H13ClO6. The number of esters is 2. The number of carboxylic acids is 1. The Morgan fingerprint density at radius 1 is 1.20 bits per heavy atom. The van der Waals surface area contributed by atoms with Crippen molar-refractivity contribution in [1.82, 2.24) is 0 Å². The molecule has 0 heterocycles. The van der Waals surface area contributed by atoms with E-state index in [1.807, 2.05) is 0 Å². The minimum Gasteiger partial charge on any atom is -0.481 e. The molecule has 0 radical (unpaired) electrons. The minimum absolute atomic E-state index is 0.126. The normalized spacial score (nSPS) is 11.5. The number of ether oxygens (including phenoxy) is 2. The Bertz CT molecular complexity index is 496. The van der Waals surface area contributed by atoms with E-state index in [0.29, 0.717) is 5.56 Å². The average molecular weight is 301 g/mol. The largest absolute Gasteiger partial charge is 0.481 e. The van der Waals surface area contributed by atoms with Crippen molar-refractivity contribution in [2.24, 2.45) is 0 Å². The molecule has 0 saturated heterocycles. The Kier molecular flexibility index (Phi) is 5.99. The lowest BCUT2D eigenvalue weighted by atomic mass is 10.1. The fourth-order valence-corrected chi connectivity index (χ4v) is 1.46. The average Bonchev–Trinajstić information content (AvgIpc) is 2.38. The number of benzene rings is 1. The molecule has 0 saturated carbocycles. The number of halogens is 1. The Balaban J connectivity index is 2.59. The summed E-state index contributed by atoms with van der Waals surface area (Å²) in [6.07, 6.45) is -1.17. The first-order valence-corrected chi connectivity index (χ1v) is 6.23. The molecule has 1 aromatic rings. The summed E-state index contributed by atoms with van der Waals surface area (Å²) in [5.74, 6) is -2.65. The van der Waals surface area contributed by atoms with E-state index in [9.17, 15) is 14.4 Å². The van der Waals surface area contributed by atoms with E-state index in [1.165, 1.54) is 31.2 Å². The number of alkyl halides is 1. The van der Waals surface area contributed by atoms with Crippen LogP contribution < -0.4 is 0 Å². The first-order valence-electron chi connectivity index (χ1n) is 5.69. The Morgan fingerprint density at radius 2 is 1.80 bits per heavy atom. The molecule has 0 aromatic heterocycles. The van der Waals surface area contributed by atoms with Crippen LogP contribution in [0.3, 0.4) is 0 Å². The van der Waals surface area contributed by atoms with Crippen LogP contribution in [0.1, 0.15) is 22.8 Å². The summed E-state index contributed by atoms with van der Waals surface area (Å²) in [5.41, 5.74) is 0.795. The second-order valence-electron chi connectivity index (χ2n) is 3.86. The van der Waals surface area contributed by atoms with Crippen LogP contribution in [0.4, 0.5) is 0 Å². The molecule has 0 aliphatic carbocycles. The van der Waals surface area contributed by atoms with Gasteiger partial charge < -0.3 is 14.6 Å². The van der Waals surface area contributed by atoms with E-state index in [0.717, 1.165) is 0 Å². The monoisotopic (exact) mass is 300 g/mol. The fraction of sp³-hybridized carbons (Fsp3) is 0.308. The standard InChI is InChI=1S/C13H13ClO6/c1-8(19-12(17)7-14)20-13(18)10-4-2-9(3-5-10)6-11(15)16/h2-5,8H,6-7H2,1H3,(H,15,16). The summed E-state index contributed by atoms with van der Waals surface area (Å²) in [5, 5.41) is 8.62. The van der Waals surface area contributed by atoms with Gasteiger partial charge in [0.2, 0.25) is 6.29 Å². The van der Waals surface area contributed by atoms with Crippen LogP contribution in [0.5, 0.6) is 0 Å². The molecule has 1 rings (SSSR count). The van der Waals surface area contributed by atoms with Gasteiger partial charge in [0.15, 0.2) is 0 Å². The molecule has 7 heteroatoms. The SMILES string of the molecule is CC(OC(=O)CCl)OC(=O)c1ccc(CC(=O)O)cc1. The smallest absolute Gasteiger partial charge is 0.341 e. The predicted octanol–water partition coefficient (Wildman–Crippen LogP) is 1.60. The van der Waals surface area contributed by atoms with Gasteiger partial charge in [-0.2, -0.15) is 0 Å². The third-order valence-corrected chi connectivity index (χ3v) is 2.44. The zero-order valence-corrected chi connectivity index (χ0v) is 11.4. The summed E-state index contributed by atoms with van der Waals surface area (Å²) < 4.78 is 9.55. The van der Waals surface area contributed by atoms with E-state index >= 15 is 0 Å². The predicted molar refractivity (Wildman–Crippen MR) is 69.5 cm³/mol. The molecule has 1 unspecified atom stereocenters. The molecule has 0 aliphatic heterocycles. The van der Waals surface area contributed by atoms with Crippen LogP contribution in [0.2, 0.25) is 0 Å². The summed E-state index contributed by atoms with van der Waals surface area (Å²) in [6, 6.07) is 5.91. The van der Waals surface area contributed by atoms with Gasteiger partial charge in [-0.05, 0) is 17.7 Å². The Labute approximate surface area is 120 Å². The molecule has 108 valence electrons. The highest BCUT2D eigenvalue weighted by molar-refractivity contribution is 6.26. The number of carboxylic acid groups (broad SMARTS) is 1. The molecule has 0 aliphatic rings. The maximum absolute atomic E-state index is 11.7. The van der Waals surface area contributed by atoms with Crippen molar-refractivity contribution in [1.29, 1.82) is 0 Å². The van der Waals surface area contributed by atoms with Crippen molar-refractivity contribution in [3.63, 3.8) is 0 Å². The second-order valence-corrected chi connectivity index (χ2v) is 4.13. The van der Waals surface area contributed by atoms with Crippen molar-refractivity contribution in [3.05, 3.63) is 35.4 Å². The summed E-state index contributed by atoms with van der Waals surface area (Å²) in [7, 11) is 0. The van der Waals surface area contributed by atoms with Crippen molar-refractivity contribution in [3.8, 4) is 0 Å². The van der Waals surface area contributed by atoms with E-state index in [2.05, 4.69) is 4.74 Å². The highest BCUT2D eigenvalue weighted by atomic mass is 35.5. The molecule has 1 aromatic carbocycles. The molecule has 20 heavy (non-hydrogen) atoms. The van der Waals surface area contributed by atoms with Crippen molar-refractivity contribution in [2.45, 2.75) is 19.6 Å². The van der Waals surface area contributed by atoms with Gasteiger partial charge in [0.05, 0.1) is 12.0 Å². The third kappa shape index (κ3) is 5.27. The molecule has 0 amide bonds. The topological polar surface area (TPSA) is 89.9 Å². The van der Waals surface area contributed by atoms with Crippen LogP contribution in [0.25, 0.3) is 0 Å². The number of aliphatic carboxylic acids is 1. The van der Waals surface area contributed by atoms with Gasteiger partial charge in [-0.1, -0.05) is 12.1 Å². The summed E-state index contributed by atoms with van der Waals surface area (Å²) in [6.45, 7) is 1.39. The zero-order chi connectivity index (χ0) is 15.1. The molecule has 6 nitrogen and oxygen atoms in total. The maximum Gasteiger partial charge on any atom is 0.341 e. The van der Waals surface area contributed by atoms with E-state index in [1.54, 1.807) is 0 Å². The number of hydrogen-bond acceptors (Lipinski definition) is 5. The van der Waals surface area contributed by atoms with Gasteiger partial charge in [0.25, 0.3) is 0 Å². The van der Waals surface area contributed by atoms with Gasteiger partial charge >= 0.3 is 17.9 Å². The van der Waals surface area contributed by atoms with Crippen LogP contribution in [-0.4, -0.2) is 35.2 Å². The zero-order valence-electron chi connectivity index (χ0n) is 10.7. The number of rotatable bonds is 6. The molecule has 1 atom stereocenters. The molecule has 0 spiro atoms. The highest BCUT2D eigenvalue weighted by Crippen LogP contribution is 2.09. The van der Waals surface area contributed by atoms with Gasteiger partial charge in [-0.15, -0.1) is 11.6 Å². The van der Waals surface area contributed by atoms with E-state index in [4.69, 9.17) is 21.4 Å². The summed E-state index contributed by atoms with van der Waals surface area (Å²) in [4.78, 5) is 33.1. The van der Waals surface area contributed by atoms with Crippen LogP contribution in [0, 0.1) is 0 Å². The lowest BCUT2D eigenvalue weighted by Gasteiger charge is -2.13. The van der Waals surface area contributed by atoms with E-state index in [-0.39, 0.29) is 17.9 Å². The molecule has 0 bridgehead atoms. The van der Waals surface area contributed by atoms with Gasteiger partial charge in [0, 0.05) is 6.92 Å². The van der Waals surface area contributed by atoms with Gasteiger partial charge in [-0.25, -0.2) is 4.79 Å². The molecular weight excluding hydrogens is 288 g/mol. The lowest BCUT2D eigenvalue weighted by Crippen LogP contribution is -2.22. The maximum atomic E-state index is 11.7. The van der Waals surface area contributed by atoms with Crippen LogP contribution in [-0.2, 0) is 25.5 Å². The second kappa shape index (κ2) is 7.49. The lowest BCUT2D eigenvalue weighted by molar-refractivity contribution is -0.162. The number of carbonyl (C=O) groups excluding carboxylic acids is 2. The number of hydrogen-bond donors (Lipinski definition) is 1. The van der Waals surface area contributed by atoms with Crippen molar-refractivity contribution < 1.29 is 29.0 Å². The fourth-order valence-electron chi connectivity index (χ4n) is 1.39. The Hall–Kier alpha value is -2.08. The third-order valence-electron chi connectivity index (χ3n) is 2.22. The van der Waals surface area contributed by atoms with E-state index < -0.39 is 24.2 Å². The molecule has 1 N–H and O–H groups in total. The molecule has 0 fully saturated rings. The van der Waals surface area contributed by atoms with Gasteiger partial charge in [-0.3, -0.25) is 9.59 Å².